The largest absolute Gasteiger partial charge is 0.494 e. The molecular weight excluding hydrogens is 348 g/mol. The predicted molar refractivity (Wildman–Crippen MR) is 99.4 cm³/mol. The lowest BCUT2D eigenvalue weighted by molar-refractivity contribution is -0.385. The number of ether oxygens (including phenoxy) is 1. The molecule has 0 radical (unpaired) electrons. The van der Waals surface area contributed by atoms with Gasteiger partial charge in [-0.25, -0.2) is 4.79 Å². The molecule has 0 fully saturated rings. The number of non-ortho nitro benzene ring substituents is 1. The first kappa shape index (κ1) is 17.1. The zero-order chi connectivity index (χ0) is 19.1. The fourth-order valence-electron chi connectivity index (χ4n) is 4.08. The standard InChI is InChI=1S/C20H18N2O5/c1-27-17-10-13(22(25)26)9-16-14-3-2-4-15(14)18(21-19(16)17)11-5-7-12(8-6-11)20(23)24/h2-3,5-10,14-15,18,21H,4H2,1H3,(H,23,24)/t14-,15+,18+/m0/s1. The highest BCUT2D eigenvalue weighted by Gasteiger charge is 2.40. The SMILES string of the molecule is COc1cc([N+](=O)[O-])cc2c1N[C@H](c1ccc(C(=O)O)cc1)[C@@H]1CC=C[C@H]21. The highest BCUT2D eigenvalue weighted by Crippen LogP contribution is 2.53. The molecule has 1 aliphatic heterocycles. The molecule has 1 heterocycles. The summed E-state index contributed by atoms with van der Waals surface area (Å²) in [6, 6.07) is 9.82. The smallest absolute Gasteiger partial charge is 0.335 e. The van der Waals surface area contributed by atoms with Gasteiger partial charge in [0.25, 0.3) is 5.69 Å². The van der Waals surface area contributed by atoms with Crippen LogP contribution in [-0.2, 0) is 0 Å². The number of nitrogens with zero attached hydrogens (tertiary/aromatic N) is 1. The van der Waals surface area contributed by atoms with E-state index in [1.165, 1.54) is 13.2 Å². The van der Waals surface area contributed by atoms with Crippen molar-refractivity contribution in [2.24, 2.45) is 5.92 Å². The Kier molecular flexibility index (Phi) is 4.07. The molecule has 0 saturated heterocycles. The molecule has 2 aromatic rings. The number of rotatable bonds is 4. The van der Waals surface area contributed by atoms with Crippen LogP contribution in [0.1, 0.15) is 39.9 Å². The molecule has 7 nitrogen and oxygen atoms in total. The normalized spacial score (nSPS) is 22.5. The molecule has 0 bridgehead atoms. The monoisotopic (exact) mass is 366 g/mol. The molecule has 1 aliphatic carbocycles. The molecule has 0 aromatic heterocycles. The Morgan fingerprint density at radius 2 is 2.04 bits per heavy atom. The third-order valence-corrected chi connectivity index (χ3v) is 5.36. The van der Waals surface area contributed by atoms with Crippen LogP contribution in [0.4, 0.5) is 11.4 Å². The zero-order valence-corrected chi connectivity index (χ0v) is 14.6. The van der Waals surface area contributed by atoms with Gasteiger partial charge in [0.1, 0.15) is 5.75 Å². The highest BCUT2D eigenvalue weighted by atomic mass is 16.6. The second kappa shape index (κ2) is 6.42. The molecule has 2 aliphatic rings. The number of aromatic carboxylic acids is 1. The van der Waals surface area contributed by atoms with E-state index in [4.69, 9.17) is 9.84 Å². The van der Waals surface area contributed by atoms with Gasteiger partial charge in [-0.05, 0) is 35.6 Å². The number of nitrogens with one attached hydrogen (secondary N) is 1. The van der Waals surface area contributed by atoms with Gasteiger partial charge >= 0.3 is 5.97 Å². The van der Waals surface area contributed by atoms with Crippen LogP contribution < -0.4 is 10.1 Å². The maximum Gasteiger partial charge on any atom is 0.335 e. The Balaban J connectivity index is 1.79. The summed E-state index contributed by atoms with van der Waals surface area (Å²) in [7, 11) is 1.49. The van der Waals surface area contributed by atoms with E-state index < -0.39 is 10.9 Å². The van der Waals surface area contributed by atoms with Gasteiger partial charge in [0.2, 0.25) is 0 Å². The number of fused-ring (bicyclic) bond motifs is 3. The Labute approximate surface area is 155 Å². The number of carboxylic acid groups (broad SMARTS) is 1. The van der Waals surface area contributed by atoms with Gasteiger partial charge in [-0.1, -0.05) is 24.3 Å². The Hall–Kier alpha value is -3.35. The Morgan fingerprint density at radius 1 is 1.30 bits per heavy atom. The van der Waals surface area contributed by atoms with Gasteiger partial charge in [-0.15, -0.1) is 0 Å². The molecule has 7 heteroatoms. The van der Waals surface area contributed by atoms with Crippen molar-refractivity contribution < 1.29 is 19.6 Å². The van der Waals surface area contributed by atoms with Crippen LogP contribution in [0.25, 0.3) is 0 Å². The van der Waals surface area contributed by atoms with Gasteiger partial charge in [-0.3, -0.25) is 10.1 Å². The van der Waals surface area contributed by atoms with E-state index in [0.29, 0.717) is 5.75 Å². The van der Waals surface area contributed by atoms with Crippen molar-refractivity contribution in [3.05, 3.63) is 75.4 Å². The quantitative estimate of drug-likeness (QED) is 0.479. The summed E-state index contributed by atoms with van der Waals surface area (Å²) in [6.07, 6.45) is 5.02. The molecule has 0 saturated carbocycles. The summed E-state index contributed by atoms with van der Waals surface area (Å²) in [5.74, 6) is -0.290. The maximum atomic E-state index is 11.3. The van der Waals surface area contributed by atoms with E-state index >= 15 is 0 Å². The number of carbonyl (C=O) groups is 1. The maximum absolute atomic E-state index is 11.3. The van der Waals surface area contributed by atoms with E-state index in [2.05, 4.69) is 17.5 Å². The molecular formula is C20H18N2O5. The average molecular weight is 366 g/mol. The van der Waals surface area contributed by atoms with E-state index in [-0.39, 0.29) is 29.1 Å². The predicted octanol–water partition coefficient (Wildman–Crippen LogP) is 4.13. The first-order valence-electron chi connectivity index (χ1n) is 8.62. The van der Waals surface area contributed by atoms with Crippen LogP contribution in [0.3, 0.4) is 0 Å². The first-order chi connectivity index (χ1) is 13.0. The first-order valence-corrected chi connectivity index (χ1v) is 8.62. The molecule has 138 valence electrons. The topological polar surface area (TPSA) is 102 Å². The lowest BCUT2D eigenvalue weighted by Gasteiger charge is -2.38. The van der Waals surface area contributed by atoms with Crippen LogP contribution in [0.2, 0.25) is 0 Å². The minimum atomic E-state index is -0.960. The number of nitro benzene ring substituents is 1. The molecule has 2 N–H and O–H groups in total. The van der Waals surface area contributed by atoms with Gasteiger partial charge < -0.3 is 15.2 Å². The van der Waals surface area contributed by atoms with Gasteiger partial charge in [-0.2, -0.15) is 0 Å². The molecule has 2 aromatic carbocycles. The van der Waals surface area contributed by atoms with Gasteiger partial charge in [0, 0.05) is 12.0 Å². The van der Waals surface area contributed by atoms with Crippen LogP contribution in [-0.4, -0.2) is 23.1 Å². The van der Waals surface area contributed by atoms with Crippen molar-refractivity contribution in [1.29, 1.82) is 0 Å². The minimum Gasteiger partial charge on any atom is -0.494 e. The summed E-state index contributed by atoms with van der Waals surface area (Å²) < 4.78 is 5.42. The second-order valence-corrected chi connectivity index (χ2v) is 6.77. The van der Waals surface area contributed by atoms with Crippen molar-refractivity contribution in [3.63, 3.8) is 0 Å². The third-order valence-electron chi connectivity index (χ3n) is 5.36. The Morgan fingerprint density at radius 3 is 2.67 bits per heavy atom. The fourth-order valence-corrected chi connectivity index (χ4v) is 4.08. The number of carboxylic acids is 1. The second-order valence-electron chi connectivity index (χ2n) is 6.77. The van der Waals surface area contributed by atoms with Gasteiger partial charge in [0.15, 0.2) is 0 Å². The average Bonchev–Trinajstić information content (AvgIpc) is 3.16. The van der Waals surface area contributed by atoms with Gasteiger partial charge in [0.05, 0.1) is 35.4 Å². The van der Waals surface area contributed by atoms with Crippen LogP contribution >= 0.6 is 0 Å². The molecule has 27 heavy (non-hydrogen) atoms. The molecule has 0 spiro atoms. The molecule has 3 atom stereocenters. The van der Waals surface area contributed by atoms with Crippen molar-refractivity contribution in [1.82, 2.24) is 0 Å². The summed E-state index contributed by atoms with van der Waals surface area (Å²) in [6.45, 7) is 0. The number of hydrogen-bond donors (Lipinski definition) is 2. The lowest BCUT2D eigenvalue weighted by Crippen LogP contribution is -2.29. The number of allylic oxidation sites excluding steroid dienone is 2. The molecule has 0 amide bonds. The summed E-state index contributed by atoms with van der Waals surface area (Å²) in [5.41, 5.74) is 2.84. The van der Waals surface area contributed by atoms with Crippen LogP contribution in [0.15, 0.2) is 48.6 Å². The number of benzene rings is 2. The van der Waals surface area contributed by atoms with Crippen molar-refractivity contribution in [3.8, 4) is 5.75 Å². The van der Waals surface area contributed by atoms with E-state index in [1.807, 2.05) is 12.1 Å². The van der Waals surface area contributed by atoms with Crippen molar-refractivity contribution >= 4 is 17.3 Å². The fraction of sp³-hybridized carbons (Fsp3) is 0.250. The molecule has 0 unspecified atom stereocenters. The summed E-state index contributed by atoms with van der Waals surface area (Å²) in [5, 5.41) is 23.9. The number of hydrogen-bond acceptors (Lipinski definition) is 5. The van der Waals surface area contributed by atoms with Crippen molar-refractivity contribution in [2.45, 2.75) is 18.4 Å². The van der Waals surface area contributed by atoms with Crippen molar-refractivity contribution in [2.75, 3.05) is 12.4 Å². The summed E-state index contributed by atoms with van der Waals surface area (Å²) in [4.78, 5) is 22.0. The van der Waals surface area contributed by atoms with Crippen LogP contribution in [0.5, 0.6) is 5.75 Å². The van der Waals surface area contributed by atoms with E-state index in [0.717, 1.165) is 23.2 Å². The minimum absolute atomic E-state index is 0.00992. The molecule has 4 rings (SSSR count). The zero-order valence-electron chi connectivity index (χ0n) is 14.6. The van der Waals surface area contributed by atoms with E-state index in [1.54, 1.807) is 18.2 Å². The number of anilines is 1. The lowest BCUT2D eigenvalue weighted by atomic mass is 9.76. The third kappa shape index (κ3) is 2.81. The summed E-state index contributed by atoms with van der Waals surface area (Å²) >= 11 is 0. The number of methoxy groups -OCH3 is 1. The highest BCUT2D eigenvalue weighted by molar-refractivity contribution is 5.87. The Bertz CT molecular complexity index is 952. The number of nitro groups is 1. The van der Waals surface area contributed by atoms with Crippen LogP contribution in [0, 0.1) is 16.0 Å². The van der Waals surface area contributed by atoms with E-state index in [9.17, 15) is 14.9 Å².